The van der Waals surface area contributed by atoms with E-state index in [2.05, 4.69) is 37.6 Å². The number of rotatable bonds is 6. The molecule has 0 radical (unpaired) electrons. The van der Waals surface area contributed by atoms with Gasteiger partial charge in [0.1, 0.15) is 12.1 Å². The number of benzene rings is 2. The van der Waals surface area contributed by atoms with Gasteiger partial charge < -0.3 is 15.5 Å². The fraction of sp³-hybridized carbons (Fsp3) is 0.375. The Hall–Kier alpha value is -4.05. The number of aryl methyl sites for hydroxylation is 1. The van der Waals surface area contributed by atoms with Crippen molar-refractivity contribution in [3.05, 3.63) is 83.9 Å². The van der Waals surface area contributed by atoms with Crippen LogP contribution in [0.2, 0.25) is 0 Å². The molecule has 10 heteroatoms. The van der Waals surface area contributed by atoms with E-state index in [-0.39, 0.29) is 23.2 Å². The predicted molar refractivity (Wildman–Crippen MR) is 156 cm³/mol. The highest BCUT2D eigenvalue weighted by atomic mass is 19.4. The van der Waals surface area contributed by atoms with E-state index < -0.39 is 17.7 Å². The minimum absolute atomic E-state index is 0.121. The summed E-state index contributed by atoms with van der Waals surface area (Å²) in [6, 6.07) is 14.1. The molecule has 6 rings (SSSR count). The lowest BCUT2D eigenvalue weighted by atomic mass is 9.85. The molecular formula is C32H33F3N6O. The molecule has 42 heavy (non-hydrogen) atoms. The predicted octanol–water partition coefficient (Wildman–Crippen LogP) is 7.11. The molecule has 1 amide bonds. The monoisotopic (exact) mass is 574 g/mol. The summed E-state index contributed by atoms with van der Waals surface area (Å²) in [5.74, 6) is 0.137. The molecule has 1 aliphatic carbocycles. The first-order chi connectivity index (χ1) is 20.3. The van der Waals surface area contributed by atoms with Crippen molar-refractivity contribution in [2.24, 2.45) is 5.92 Å². The number of amides is 1. The van der Waals surface area contributed by atoms with Crippen molar-refractivity contribution < 1.29 is 18.0 Å². The van der Waals surface area contributed by atoms with E-state index in [1.54, 1.807) is 18.7 Å². The molecule has 2 aliphatic rings. The summed E-state index contributed by atoms with van der Waals surface area (Å²) in [5, 5.41) is 7.17. The second kappa shape index (κ2) is 11.7. The van der Waals surface area contributed by atoms with E-state index in [0.29, 0.717) is 12.5 Å². The topological polar surface area (TPSA) is 83.0 Å². The second-order valence-electron chi connectivity index (χ2n) is 11.2. The van der Waals surface area contributed by atoms with E-state index in [9.17, 15) is 18.0 Å². The van der Waals surface area contributed by atoms with Crippen molar-refractivity contribution >= 4 is 34.0 Å². The van der Waals surface area contributed by atoms with Crippen LogP contribution in [0.3, 0.4) is 0 Å². The minimum atomic E-state index is -4.48. The average molecular weight is 575 g/mol. The highest BCUT2D eigenvalue weighted by molar-refractivity contribution is 5.93. The van der Waals surface area contributed by atoms with Gasteiger partial charge in [-0.3, -0.25) is 9.78 Å². The number of carbonyl (C=O) groups excluding carboxylic acids is 1. The van der Waals surface area contributed by atoms with Gasteiger partial charge in [0.25, 0.3) is 0 Å². The van der Waals surface area contributed by atoms with Gasteiger partial charge in [-0.15, -0.1) is 0 Å². The number of aromatic nitrogens is 3. The number of hydrogen-bond acceptors (Lipinski definition) is 6. The van der Waals surface area contributed by atoms with E-state index >= 15 is 0 Å². The Morgan fingerprint density at radius 3 is 2.55 bits per heavy atom. The first kappa shape index (κ1) is 28.1. The highest BCUT2D eigenvalue weighted by Crippen LogP contribution is 2.39. The molecule has 7 nitrogen and oxygen atoms in total. The molecule has 2 fully saturated rings. The van der Waals surface area contributed by atoms with Crippen LogP contribution in [0.25, 0.3) is 10.9 Å². The molecule has 1 saturated carbocycles. The lowest BCUT2D eigenvalue weighted by molar-refractivity contribution is -0.138. The van der Waals surface area contributed by atoms with Crippen LogP contribution < -0.4 is 15.5 Å². The van der Waals surface area contributed by atoms with Gasteiger partial charge in [0.05, 0.1) is 23.2 Å². The van der Waals surface area contributed by atoms with Crippen LogP contribution in [0.1, 0.15) is 61.3 Å². The molecule has 218 valence electrons. The lowest BCUT2D eigenvalue weighted by Gasteiger charge is -2.33. The number of piperidine rings is 1. The van der Waals surface area contributed by atoms with Crippen LogP contribution in [-0.2, 0) is 11.0 Å². The zero-order valence-corrected chi connectivity index (χ0v) is 23.4. The largest absolute Gasteiger partial charge is 0.416 e. The normalized spacial score (nSPS) is 19.6. The van der Waals surface area contributed by atoms with Crippen LogP contribution in [0.15, 0.2) is 67.3 Å². The van der Waals surface area contributed by atoms with Gasteiger partial charge in [0.15, 0.2) is 0 Å². The number of nitrogens with one attached hydrogen (secondary N) is 2. The van der Waals surface area contributed by atoms with Gasteiger partial charge in [-0.05, 0) is 80.6 Å². The smallest absolute Gasteiger partial charge is 0.326 e. The molecule has 0 spiro atoms. The third-order valence-corrected chi connectivity index (χ3v) is 8.47. The van der Waals surface area contributed by atoms with Crippen molar-refractivity contribution in [1.29, 1.82) is 0 Å². The summed E-state index contributed by atoms with van der Waals surface area (Å²) in [5.41, 5.74) is 2.29. The summed E-state index contributed by atoms with van der Waals surface area (Å²) < 4.78 is 40.3. The molecule has 2 N–H and O–H groups in total. The number of pyridine rings is 1. The lowest BCUT2D eigenvalue weighted by Crippen LogP contribution is -2.40. The number of nitrogens with zero attached hydrogens (tertiary/aromatic N) is 4. The summed E-state index contributed by atoms with van der Waals surface area (Å²) in [6.07, 6.45) is 6.51. The van der Waals surface area contributed by atoms with Crippen molar-refractivity contribution in [2.45, 2.75) is 63.7 Å². The standard InChI is InChI=1S/C32H33F3N6O/c1-20-8-11-22(17-27(20)32(33,34)35)40-31(42)26-7-4-15-37-29(26)21-9-12-24(13-10-21)41(23-5-2-3-6-23)30-25-14-16-36-18-28(25)38-19-39-30/h8-14,16-19,23,26,29,37H,2-7,15H2,1H3,(H,40,42)/t26-,29-/m0/s1. The third-order valence-electron chi connectivity index (χ3n) is 8.47. The van der Waals surface area contributed by atoms with Crippen molar-refractivity contribution in [3.63, 3.8) is 0 Å². The van der Waals surface area contributed by atoms with E-state index in [1.807, 2.05) is 18.2 Å². The van der Waals surface area contributed by atoms with Gasteiger partial charge in [-0.2, -0.15) is 13.2 Å². The number of anilines is 3. The zero-order chi connectivity index (χ0) is 29.3. The van der Waals surface area contributed by atoms with Gasteiger partial charge in [-0.25, -0.2) is 9.97 Å². The highest BCUT2D eigenvalue weighted by Gasteiger charge is 2.35. The van der Waals surface area contributed by atoms with E-state index in [0.717, 1.165) is 72.7 Å². The summed E-state index contributed by atoms with van der Waals surface area (Å²) in [7, 11) is 0. The number of carbonyl (C=O) groups is 1. The fourth-order valence-electron chi connectivity index (χ4n) is 6.36. The molecule has 0 unspecified atom stereocenters. The van der Waals surface area contributed by atoms with Gasteiger partial charge in [0.2, 0.25) is 5.91 Å². The first-order valence-electron chi connectivity index (χ1n) is 14.5. The number of halogens is 3. The Kier molecular flexibility index (Phi) is 7.81. The van der Waals surface area contributed by atoms with Gasteiger partial charge in [-0.1, -0.05) is 31.0 Å². The van der Waals surface area contributed by atoms with Crippen molar-refractivity contribution in [2.75, 3.05) is 16.8 Å². The average Bonchev–Trinajstić information content (AvgIpc) is 3.53. The molecule has 2 aromatic carbocycles. The van der Waals surface area contributed by atoms with Gasteiger partial charge in [0, 0.05) is 35.0 Å². The van der Waals surface area contributed by atoms with Crippen LogP contribution >= 0.6 is 0 Å². The zero-order valence-electron chi connectivity index (χ0n) is 23.4. The minimum Gasteiger partial charge on any atom is -0.326 e. The van der Waals surface area contributed by atoms with Crippen LogP contribution in [0, 0.1) is 12.8 Å². The number of hydrogen-bond donors (Lipinski definition) is 2. The van der Waals surface area contributed by atoms with Crippen molar-refractivity contribution in [3.8, 4) is 0 Å². The number of alkyl halides is 3. The summed E-state index contributed by atoms with van der Waals surface area (Å²) in [6.45, 7) is 2.17. The van der Waals surface area contributed by atoms with Crippen LogP contribution in [-0.4, -0.2) is 33.4 Å². The molecule has 4 aromatic rings. The quantitative estimate of drug-likeness (QED) is 0.255. The Bertz CT molecular complexity index is 1560. The number of fused-ring (bicyclic) bond motifs is 1. The SMILES string of the molecule is Cc1ccc(NC(=O)[C@H]2CCCN[C@H]2c2ccc(N(c3ncnc4cnccc34)C3CCCC3)cc2)cc1C(F)(F)F. The molecule has 1 aliphatic heterocycles. The van der Waals surface area contributed by atoms with Crippen LogP contribution in [0.5, 0.6) is 0 Å². The Morgan fingerprint density at radius 2 is 1.79 bits per heavy atom. The second-order valence-corrected chi connectivity index (χ2v) is 11.2. The summed E-state index contributed by atoms with van der Waals surface area (Å²) >= 11 is 0. The van der Waals surface area contributed by atoms with Crippen LogP contribution in [0.4, 0.5) is 30.4 Å². The molecular weight excluding hydrogens is 541 g/mol. The maximum atomic E-state index is 13.4. The molecule has 3 heterocycles. The Balaban J connectivity index is 1.27. The maximum Gasteiger partial charge on any atom is 0.416 e. The van der Waals surface area contributed by atoms with Gasteiger partial charge >= 0.3 is 6.18 Å². The Morgan fingerprint density at radius 1 is 1.00 bits per heavy atom. The third kappa shape index (κ3) is 5.68. The first-order valence-corrected chi connectivity index (χ1v) is 14.5. The molecule has 2 atom stereocenters. The molecule has 1 saturated heterocycles. The summed E-state index contributed by atoms with van der Waals surface area (Å²) in [4.78, 5) is 29.0. The molecule has 0 bridgehead atoms. The fourth-order valence-corrected chi connectivity index (χ4v) is 6.36. The maximum absolute atomic E-state index is 13.4. The molecule has 2 aromatic heterocycles. The Labute approximate surface area is 242 Å². The van der Waals surface area contributed by atoms with E-state index in [1.165, 1.54) is 19.1 Å². The van der Waals surface area contributed by atoms with Crippen molar-refractivity contribution in [1.82, 2.24) is 20.3 Å². The van der Waals surface area contributed by atoms with E-state index in [4.69, 9.17) is 4.98 Å².